The normalized spacial score (nSPS) is 12.9. The highest BCUT2D eigenvalue weighted by molar-refractivity contribution is 4.81. The Hall–Kier alpha value is -0.770. The predicted molar refractivity (Wildman–Crippen MR) is 61.9 cm³/mol. The summed E-state index contributed by atoms with van der Waals surface area (Å²) >= 11 is 0. The Morgan fingerprint density at radius 1 is 1.14 bits per heavy atom. The van der Waals surface area contributed by atoms with Gasteiger partial charge in [0.25, 0.3) is 0 Å². The first-order valence-corrected chi connectivity index (χ1v) is 5.85. The highest BCUT2D eigenvalue weighted by atomic mass is 14.3. The third-order valence-corrected chi connectivity index (χ3v) is 2.35. The maximum atomic E-state index is 8.57. The predicted octanol–water partition coefficient (Wildman–Crippen LogP) is 4.45. The second kappa shape index (κ2) is 10.3. The Bertz CT molecular complexity index is 176. The fourth-order valence-electron chi connectivity index (χ4n) is 1.36. The van der Waals surface area contributed by atoms with E-state index in [1.807, 2.05) is 6.92 Å². The maximum absolute atomic E-state index is 8.57. The summed E-state index contributed by atoms with van der Waals surface area (Å²) in [6, 6.07) is 2.27. The quantitative estimate of drug-likeness (QED) is 0.412. The van der Waals surface area contributed by atoms with Gasteiger partial charge in [-0.15, -0.1) is 0 Å². The summed E-state index contributed by atoms with van der Waals surface area (Å²) in [6.07, 6.45) is 13.0. The van der Waals surface area contributed by atoms with E-state index in [2.05, 4.69) is 25.1 Å². The number of nitrogens with zero attached hydrogens (tertiary/aromatic N) is 1. The summed E-state index contributed by atoms with van der Waals surface area (Å²) in [6.45, 7) is 4.20. The lowest BCUT2D eigenvalue weighted by molar-refractivity contribution is 0.574. The van der Waals surface area contributed by atoms with Crippen LogP contribution >= 0.6 is 0 Å². The van der Waals surface area contributed by atoms with Gasteiger partial charge in [-0.05, 0) is 32.6 Å². The molecule has 1 atom stereocenters. The molecule has 0 aliphatic heterocycles. The van der Waals surface area contributed by atoms with Crippen molar-refractivity contribution >= 4 is 0 Å². The third-order valence-electron chi connectivity index (χ3n) is 2.35. The van der Waals surface area contributed by atoms with Crippen LogP contribution < -0.4 is 0 Å². The van der Waals surface area contributed by atoms with E-state index in [1.54, 1.807) is 0 Å². The summed E-state index contributed by atoms with van der Waals surface area (Å²) < 4.78 is 0. The van der Waals surface area contributed by atoms with E-state index in [0.29, 0.717) is 0 Å². The average molecular weight is 193 g/mol. The SMILES string of the molecule is CCCC=CCCCCCC(C)C#N. The lowest BCUT2D eigenvalue weighted by Crippen LogP contribution is -1.89. The Kier molecular flexibility index (Phi) is 9.74. The van der Waals surface area contributed by atoms with Gasteiger partial charge >= 0.3 is 0 Å². The molecule has 1 nitrogen and oxygen atoms in total. The molecule has 80 valence electrons. The smallest absolute Gasteiger partial charge is 0.0652 e. The highest BCUT2D eigenvalue weighted by Gasteiger charge is 1.97. The molecule has 0 aliphatic carbocycles. The zero-order chi connectivity index (χ0) is 10.6. The number of hydrogen-bond acceptors (Lipinski definition) is 1. The zero-order valence-electron chi connectivity index (χ0n) is 9.63. The monoisotopic (exact) mass is 193 g/mol. The molecule has 0 amide bonds. The molecule has 0 aromatic heterocycles. The van der Waals surface area contributed by atoms with E-state index in [9.17, 15) is 0 Å². The Morgan fingerprint density at radius 3 is 2.50 bits per heavy atom. The first-order chi connectivity index (χ1) is 6.81. The van der Waals surface area contributed by atoms with Gasteiger partial charge in [-0.3, -0.25) is 0 Å². The van der Waals surface area contributed by atoms with E-state index in [-0.39, 0.29) is 5.92 Å². The van der Waals surface area contributed by atoms with Gasteiger partial charge in [0.2, 0.25) is 0 Å². The van der Waals surface area contributed by atoms with Crippen LogP contribution in [0.2, 0.25) is 0 Å². The van der Waals surface area contributed by atoms with Gasteiger partial charge in [-0.2, -0.15) is 5.26 Å². The molecule has 0 aromatic carbocycles. The first kappa shape index (κ1) is 13.2. The van der Waals surface area contributed by atoms with Crippen LogP contribution in [-0.2, 0) is 0 Å². The molecule has 1 unspecified atom stereocenters. The van der Waals surface area contributed by atoms with Crippen molar-refractivity contribution in [1.29, 1.82) is 5.26 Å². The van der Waals surface area contributed by atoms with Crippen LogP contribution in [0.3, 0.4) is 0 Å². The van der Waals surface area contributed by atoms with E-state index < -0.39 is 0 Å². The van der Waals surface area contributed by atoms with Crippen molar-refractivity contribution in [2.75, 3.05) is 0 Å². The zero-order valence-corrected chi connectivity index (χ0v) is 9.63. The minimum Gasteiger partial charge on any atom is -0.198 e. The molecule has 0 aromatic rings. The lowest BCUT2D eigenvalue weighted by atomic mass is 10.0. The minimum absolute atomic E-state index is 0.241. The van der Waals surface area contributed by atoms with Crippen LogP contribution in [0.1, 0.15) is 58.8 Å². The number of rotatable bonds is 8. The standard InChI is InChI=1S/C13H23N/c1-3-4-5-6-7-8-9-10-11-13(2)12-14/h5-6,13H,3-4,7-11H2,1-2H3. The van der Waals surface area contributed by atoms with Crippen LogP contribution in [0.5, 0.6) is 0 Å². The summed E-state index contributed by atoms with van der Waals surface area (Å²) in [5.74, 6) is 0.241. The Balaban J connectivity index is 3.11. The molecule has 0 aliphatic rings. The topological polar surface area (TPSA) is 23.8 Å². The number of hydrogen-bond donors (Lipinski definition) is 0. The summed E-state index contributed by atoms with van der Waals surface area (Å²) in [5.41, 5.74) is 0. The third kappa shape index (κ3) is 9.32. The summed E-state index contributed by atoms with van der Waals surface area (Å²) in [7, 11) is 0. The minimum atomic E-state index is 0.241. The van der Waals surface area contributed by atoms with Gasteiger partial charge in [0.1, 0.15) is 0 Å². The highest BCUT2D eigenvalue weighted by Crippen LogP contribution is 2.09. The molecular formula is C13H23N. The van der Waals surface area contributed by atoms with Crippen LogP contribution in [0.15, 0.2) is 12.2 Å². The molecule has 0 bridgehead atoms. The van der Waals surface area contributed by atoms with Crippen molar-refractivity contribution < 1.29 is 0 Å². The fourth-order valence-corrected chi connectivity index (χ4v) is 1.36. The molecule has 0 fully saturated rings. The van der Waals surface area contributed by atoms with Gasteiger partial charge < -0.3 is 0 Å². The van der Waals surface area contributed by atoms with Gasteiger partial charge in [0, 0.05) is 5.92 Å². The van der Waals surface area contributed by atoms with Crippen LogP contribution in [0.25, 0.3) is 0 Å². The molecule has 0 N–H and O–H groups in total. The first-order valence-electron chi connectivity index (χ1n) is 5.85. The molecule has 0 heterocycles. The second-order valence-electron chi connectivity index (χ2n) is 3.93. The molecule has 14 heavy (non-hydrogen) atoms. The molecule has 0 radical (unpaired) electrons. The lowest BCUT2D eigenvalue weighted by Gasteiger charge is -2.00. The largest absolute Gasteiger partial charge is 0.198 e. The maximum Gasteiger partial charge on any atom is 0.0652 e. The van der Waals surface area contributed by atoms with Crippen molar-refractivity contribution in [2.45, 2.75) is 58.8 Å². The Morgan fingerprint density at radius 2 is 1.86 bits per heavy atom. The molecule has 1 heteroatoms. The molecule has 0 saturated heterocycles. The second-order valence-corrected chi connectivity index (χ2v) is 3.93. The number of nitriles is 1. The summed E-state index contributed by atoms with van der Waals surface area (Å²) in [4.78, 5) is 0. The van der Waals surface area contributed by atoms with Crippen LogP contribution in [0.4, 0.5) is 0 Å². The van der Waals surface area contributed by atoms with E-state index in [1.165, 1.54) is 38.5 Å². The summed E-state index contributed by atoms with van der Waals surface area (Å²) in [5, 5.41) is 8.57. The fraction of sp³-hybridized carbons (Fsp3) is 0.769. The van der Waals surface area contributed by atoms with Crippen molar-refractivity contribution in [3.8, 4) is 6.07 Å². The van der Waals surface area contributed by atoms with E-state index in [0.717, 1.165) is 6.42 Å². The molecule has 0 spiro atoms. The van der Waals surface area contributed by atoms with Gasteiger partial charge in [0.05, 0.1) is 6.07 Å². The van der Waals surface area contributed by atoms with Crippen molar-refractivity contribution in [2.24, 2.45) is 5.92 Å². The van der Waals surface area contributed by atoms with Gasteiger partial charge in [-0.1, -0.05) is 38.3 Å². The molecule has 0 saturated carbocycles. The van der Waals surface area contributed by atoms with Crippen LogP contribution in [-0.4, -0.2) is 0 Å². The number of unbranched alkanes of at least 4 members (excludes halogenated alkanes) is 4. The number of allylic oxidation sites excluding steroid dienone is 2. The molecular weight excluding hydrogens is 170 g/mol. The molecule has 0 rings (SSSR count). The van der Waals surface area contributed by atoms with E-state index >= 15 is 0 Å². The van der Waals surface area contributed by atoms with Crippen molar-refractivity contribution in [1.82, 2.24) is 0 Å². The van der Waals surface area contributed by atoms with Gasteiger partial charge in [0.15, 0.2) is 0 Å². The van der Waals surface area contributed by atoms with Crippen molar-refractivity contribution in [3.63, 3.8) is 0 Å². The Labute approximate surface area is 88.8 Å². The van der Waals surface area contributed by atoms with Crippen LogP contribution in [0, 0.1) is 17.2 Å². The van der Waals surface area contributed by atoms with E-state index in [4.69, 9.17) is 5.26 Å². The average Bonchev–Trinajstić information content (AvgIpc) is 2.21. The van der Waals surface area contributed by atoms with Crippen molar-refractivity contribution in [3.05, 3.63) is 12.2 Å². The van der Waals surface area contributed by atoms with Gasteiger partial charge in [-0.25, -0.2) is 0 Å².